The quantitative estimate of drug-likeness (QED) is 0.495. The number of rotatable bonds is 1. The van der Waals surface area contributed by atoms with Gasteiger partial charge in [0.2, 0.25) is 0 Å². The van der Waals surface area contributed by atoms with Gasteiger partial charge >= 0.3 is 18.9 Å². The number of benzene rings is 2. The van der Waals surface area contributed by atoms with Gasteiger partial charge in [0.25, 0.3) is 0 Å². The molecule has 0 saturated carbocycles. The maximum atomic E-state index is 11.7. The maximum Gasteiger partial charge on any atom is 1.00 e. The molecule has 0 saturated heterocycles. The van der Waals surface area contributed by atoms with Gasteiger partial charge in [-0.1, -0.05) is 30.0 Å². The second-order valence-corrected chi connectivity index (χ2v) is 3.95. The first-order chi connectivity index (χ1) is 8.24. The summed E-state index contributed by atoms with van der Waals surface area (Å²) in [7, 11) is 0. The van der Waals surface area contributed by atoms with Crippen LogP contribution in [0, 0.1) is 6.92 Å². The Kier molecular flexibility index (Phi) is 3.42. The normalized spacial score (nSPS) is 10.3. The second-order valence-electron chi connectivity index (χ2n) is 3.95. The van der Waals surface area contributed by atoms with Gasteiger partial charge in [-0.3, -0.25) is 0 Å². The van der Waals surface area contributed by atoms with E-state index in [9.17, 15) is 5.11 Å². The Morgan fingerprint density at radius 1 is 1.00 bits per heavy atom. The number of aromatic nitrogens is 3. The van der Waals surface area contributed by atoms with Crippen molar-refractivity contribution in [3.63, 3.8) is 0 Å². The summed E-state index contributed by atoms with van der Waals surface area (Å²) in [5.74, 6) is -0.0732. The van der Waals surface area contributed by atoms with Gasteiger partial charge in [-0.2, -0.15) is 4.80 Å². The van der Waals surface area contributed by atoms with E-state index in [2.05, 4.69) is 10.2 Å². The standard InChI is InChI=1S/C13H11N3O.Li/c1-9-6-7-13(17)12(8-9)16-14-10-4-2-3-5-11(10)15-16;/h2-8,17H,1H3;/q;+1/p-1. The van der Waals surface area contributed by atoms with Gasteiger partial charge in [0.15, 0.2) is 0 Å². The molecule has 18 heavy (non-hydrogen) atoms. The zero-order valence-corrected chi connectivity index (χ0v) is 10.3. The summed E-state index contributed by atoms with van der Waals surface area (Å²) in [6, 6.07) is 12.7. The first kappa shape index (κ1) is 12.7. The number of aryl methyl sites for hydroxylation is 1. The van der Waals surface area contributed by atoms with Crippen molar-refractivity contribution in [3.8, 4) is 11.4 Å². The van der Waals surface area contributed by atoms with Crippen LogP contribution >= 0.6 is 0 Å². The van der Waals surface area contributed by atoms with Crippen molar-refractivity contribution in [2.75, 3.05) is 0 Å². The molecule has 1 aromatic heterocycles. The Balaban J connectivity index is 0.00000120. The number of fused-ring (bicyclic) bond motifs is 1. The molecular formula is C13H10LiN3O. The van der Waals surface area contributed by atoms with Crippen molar-refractivity contribution in [2.24, 2.45) is 0 Å². The Bertz CT molecular complexity index is 661. The fraction of sp³-hybridized carbons (Fsp3) is 0.0769. The summed E-state index contributed by atoms with van der Waals surface area (Å²) in [5.41, 5.74) is 3.07. The average molecular weight is 231 g/mol. The molecule has 4 nitrogen and oxygen atoms in total. The molecule has 0 aliphatic heterocycles. The van der Waals surface area contributed by atoms with Gasteiger partial charge in [-0.15, -0.1) is 10.2 Å². The minimum Gasteiger partial charge on any atom is -0.871 e. The third kappa shape index (κ3) is 2.13. The second kappa shape index (κ2) is 4.85. The van der Waals surface area contributed by atoms with Gasteiger partial charge in [-0.05, 0) is 30.7 Å². The summed E-state index contributed by atoms with van der Waals surface area (Å²) in [6.07, 6.45) is 0. The topological polar surface area (TPSA) is 53.8 Å². The predicted molar refractivity (Wildman–Crippen MR) is 63.0 cm³/mol. The maximum absolute atomic E-state index is 11.7. The van der Waals surface area contributed by atoms with E-state index < -0.39 is 0 Å². The van der Waals surface area contributed by atoms with Crippen LogP contribution in [-0.4, -0.2) is 15.0 Å². The number of hydrogen-bond acceptors (Lipinski definition) is 3. The van der Waals surface area contributed by atoms with Crippen molar-refractivity contribution < 1.29 is 24.0 Å². The number of hydrogen-bond donors (Lipinski definition) is 0. The molecule has 0 aliphatic carbocycles. The molecule has 0 spiro atoms. The minimum absolute atomic E-state index is 0. The number of nitrogens with zero attached hydrogens (tertiary/aromatic N) is 3. The minimum atomic E-state index is -0.0732. The molecule has 0 atom stereocenters. The molecule has 0 N–H and O–H groups in total. The van der Waals surface area contributed by atoms with Crippen LogP contribution in [0.4, 0.5) is 0 Å². The fourth-order valence-corrected chi connectivity index (χ4v) is 1.75. The Labute approximate surface area is 116 Å². The van der Waals surface area contributed by atoms with Crippen molar-refractivity contribution in [3.05, 3.63) is 48.0 Å². The van der Waals surface area contributed by atoms with E-state index in [1.165, 1.54) is 4.80 Å². The van der Waals surface area contributed by atoms with Crippen LogP contribution in [-0.2, 0) is 0 Å². The molecule has 0 amide bonds. The monoisotopic (exact) mass is 231 g/mol. The van der Waals surface area contributed by atoms with Gasteiger partial charge < -0.3 is 5.11 Å². The van der Waals surface area contributed by atoms with Gasteiger partial charge in [0, 0.05) is 0 Å². The molecule has 84 valence electrons. The smallest absolute Gasteiger partial charge is 0.871 e. The predicted octanol–water partition coefficient (Wildman–Crippen LogP) is -1.19. The van der Waals surface area contributed by atoms with Gasteiger partial charge in [0.05, 0.1) is 5.69 Å². The molecule has 0 aliphatic rings. The fourth-order valence-electron chi connectivity index (χ4n) is 1.75. The van der Waals surface area contributed by atoms with Crippen molar-refractivity contribution in [2.45, 2.75) is 6.92 Å². The van der Waals surface area contributed by atoms with Crippen LogP contribution in [0.3, 0.4) is 0 Å². The SMILES string of the molecule is Cc1ccc([O-])c(-n2nc3ccccc3n2)c1.[Li+]. The van der Waals surface area contributed by atoms with Crippen LogP contribution in [0.1, 0.15) is 5.56 Å². The van der Waals surface area contributed by atoms with Crippen molar-refractivity contribution in [1.82, 2.24) is 15.0 Å². The first-order valence-corrected chi connectivity index (χ1v) is 5.34. The molecular weight excluding hydrogens is 221 g/mol. The van der Waals surface area contributed by atoms with E-state index in [0.717, 1.165) is 16.6 Å². The molecule has 5 heteroatoms. The summed E-state index contributed by atoms with van der Waals surface area (Å²) < 4.78 is 0. The van der Waals surface area contributed by atoms with E-state index in [1.54, 1.807) is 18.2 Å². The third-order valence-electron chi connectivity index (χ3n) is 2.62. The molecule has 0 unspecified atom stereocenters. The molecule has 0 bridgehead atoms. The van der Waals surface area contributed by atoms with E-state index >= 15 is 0 Å². The molecule has 1 heterocycles. The Morgan fingerprint density at radius 3 is 2.22 bits per heavy atom. The van der Waals surface area contributed by atoms with E-state index in [0.29, 0.717) is 5.69 Å². The van der Waals surface area contributed by atoms with Crippen LogP contribution in [0.15, 0.2) is 42.5 Å². The Hall–Kier alpha value is -1.76. The van der Waals surface area contributed by atoms with Crippen LogP contribution < -0.4 is 24.0 Å². The molecule has 0 radical (unpaired) electrons. The Morgan fingerprint density at radius 2 is 1.61 bits per heavy atom. The van der Waals surface area contributed by atoms with Crippen molar-refractivity contribution in [1.29, 1.82) is 0 Å². The van der Waals surface area contributed by atoms with Crippen LogP contribution in [0.25, 0.3) is 16.7 Å². The van der Waals surface area contributed by atoms with Crippen LogP contribution in [0.5, 0.6) is 5.75 Å². The summed E-state index contributed by atoms with van der Waals surface area (Å²) >= 11 is 0. The van der Waals surface area contributed by atoms with E-state index in [4.69, 9.17) is 0 Å². The summed E-state index contributed by atoms with van der Waals surface area (Å²) in [4.78, 5) is 1.40. The molecule has 3 aromatic rings. The molecule has 2 aromatic carbocycles. The van der Waals surface area contributed by atoms with E-state index in [1.807, 2.05) is 31.2 Å². The average Bonchev–Trinajstić information content (AvgIpc) is 2.75. The largest absolute Gasteiger partial charge is 1.00 e. The third-order valence-corrected chi connectivity index (χ3v) is 2.62. The van der Waals surface area contributed by atoms with Gasteiger partial charge in [-0.25, -0.2) is 0 Å². The summed E-state index contributed by atoms with van der Waals surface area (Å²) in [6.45, 7) is 1.94. The first-order valence-electron chi connectivity index (χ1n) is 5.34. The summed E-state index contributed by atoms with van der Waals surface area (Å²) in [5, 5.41) is 20.3. The molecule has 0 fully saturated rings. The zero-order chi connectivity index (χ0) is 11.8. The molecule has 3 rings (SSSR count). The van der Waals surface area contributed by atoms with E-state index in [-0.39, 0.29) is 24.6 Å². The van der Waals surface area contributed by atoms with Crippen molar-refractivity contribution >= 4 is 11.0 Å². The van der Waals surface area contributed by atoms with Crippen LogP contribution in [0.2, 0.25) is 0 Å². The zero-order valence-electron chi connectivity index (χ0n) is 10.3. The van der Waals surface area contributed by atoms with Gasteiger partial charge in [0.1, 0.15) is 11.0 Å².